The van der Waals surface area contributed by atoms with Gasteiger partial charge >= 0.3 is 5.63 Å². The molecule has 2 aromatic heterocycles. The van der Waals surface area contributed by atoms with E-state index >= 15 is 0 Å². The number of pyridine rings is 1. The van der Waals surface area contributed by atoms with Crippen LogP contribution in [0, 0.1) is 6.92 Å². The standard InChI is InChI=1S/C23H20N2O4/c1-14-20(28-15(2)22(26)25-13-16-7-5-6-12-24-16)11-10-18-17-8-3-4-9-19(17)23(27)29-21(14)18/h3-12,15H,13H2,1-2H3,(H,25,26). The van der Waals surface area contributed by atoms with Crippen molar-refractivity contribution in [2.24, 2.45) is 0 Å². The maximum Gasteiger partial charge on any atom is 0.344 e. The van der Waals surface area contributed by atoms with Crippen LogP contribution in [0.15, 0.2) is 70.0 Å². The molecule has 1 N–H and O–H groups in total. The molecule has 0 spiro atoms. The summed E-state index contributed by atoms with van der Waals surface area (Å²) >= 11 is 0. The minimum Gasteiger partial charge on any atom is -0.480 e. The van der Waals surface area contributed by atoms with Gasteiger partial charge in [0.2, 0.25) is 0 Å². The molecule has 6 nitrogen and oxygen atoms in total. The number of aryl methyl sites for hydroxylation is 1. The van der Waals surface area contributed by atoms with Crippen LogP contribution in [0.2, 0.25) is 0 Å². The van der Waals surface area contributed by atoms with Crippen molar-refractivity contribution in [1.29, 1.82) is 0 Å². The molecule has 0 aliphatic rings. The fraction of sp³-hybridized carbons (Fsp3) is 0.174. The van der Waals surface area contributed by atoms with E-state index in [-0.39, 0.29) is 5.91 Å². The number of amides is 1. The summed E-state index contributed by atoms with van der Waals surface area (Å²) in [5.41, 5.74) is 1.51. The van der Waals surface area contributed by atoms with Gasteiger partial charge in [0.25, 0.3) is 5.91 Å². The number of nitrogens with zero attached hydrogens (tertiary/aromatic N) is 1. The number of hydrogen-bond acceptors (Lipinski definition) is 5. The molecule has 0 bridgehead atoms. The minimum absolute atomic E-state index is 0.255. The third kappa shape index (κ3) is 3.69. The molecule has 29 heavy (non-hydrogen) atoms. The van der Waals surface area contributed by atoms with Crippen LogP contribution >= 0.6 is 0 Å². The Morgan fingerprint density at radius 1 is 1.07 bits per heavy atom. The molecule has 0 aliphatic heterocycles. The van der Waals surface area contributed by atoms with Gasteiger partial charge in [-0.1, -0.05) is 24.3 Å². The molecule has 0 saturated carbocycles. The number of fused-ring (bicyclic) bond motifs is 3. The predicted molar refractivity (Wildman–Crippen MR) is 111 cm³/mol. The minimum atomic E-state index is -0.720. The predicted octanol–water partition coefficient (Wildman–Crippen LogP) is 3.73. The van der Waals surface area contributed by atoms with Gasteiger partial charge in [-0.25, -0.2) is 4.79 Å². The van der Waals surface area contributed by atoms with Crippen molar-refractivity contribution in [2.45, 2.75) is 26.5 Å². The van der Waals surface area contributed by atoms with E-state index in [1.165, 1.54) is 0 Å². The molecule has 0 saturated heterocycles. The van der Waals surface area contributed by atoms with Gasteiger partial charge in [0.15, 0.2) is 6.10 Å². The molecule has 4 rings (SSSR count). The van der Waals surface area contributed by atoms with E-state index < -0.39 is 11.7 Å². The normalized spacial score (nSPS) is 12.1. The van der Waals surface area contributed by atoms with Crippen molar-refractivity contribution >= 4 is 27.6 Å². The molecule has 0 aliphatic carbocycles. The Morgan fingerprint density at radius 3 is 2.59 bits per heavy atom. The molecule has 1 atom stereocenters. The summed E-state index contributed by atoms with van der Waals surface area (Å²) in [5, 5.41) is 5.01. The third-order valence-corrected chi connectivity index (χ3v) is 4.83. The average Bonchev–Trinajstić information content (AvgIpc) is 2.75. The van der Waals surface area contributed by atoms with Crippen molar-refractivity contribution in [3.05, 3.63) is 82.5 Å². The van der Waals surface area contributed by atoms with E-state index in [2.05, 4.69) is 10.3 Å². The number of carbonyl (C=O) groups excluding carboxylic acids is 1. The molecule has 1 unspecified atom stereocenters. The van der Waals surface area contributed by atoms with E-state index in [1.54, 1.807) is 31.3 Å². The quantitative estimate of drug-likeness (QED) is 0.416. The first-order valence-corrected chi connectivity index (χ1v) is 9.34. The molecule has 146 valence electrons. The molecule has 0 radical (unpaired) electrons. The van der Waals surface area contributed by atoms with Gasteiger partial charge in [-0.2, -0.15) is 0 Å². The topological polar surface area (TPSA) is 81.4 Å². The van der Waals surface area contributed by atoms with E-state index in [0.29, 0.717) is 28.8 Å². The van der Waals surface area contributed by atoms with E-state index in [1.807, 2.05) is 43.3 Å². The highest BCUT2D eigenvalue weighted by atomic mass is 16.5. The summed E-state index contributed by atoms with van der Waals surface area (Å²) in [6.45, 7) is 3.81. The monoisotopic (exact) mass is 388 g/mol. The van der Waals surface area contributed by atoms with Gasteiger partial charge in [-0.05, 0) is 49.6 Å². The van der Waals surface area contributed by atoms with Crippen LogP contribution in [0.25, 0.3) is 21.7 Å². The number of carbonyl (C=O) groups is 1. The average molecular weight is 388 g/mol. The van der Waals surface area contributed by atoms with Crippen LogP contribution in [0.5, 0.6) is 5.75 Å². The first-order chi connectivity index (χ1) is 14.0. The summed E-state index contributed by atoms with van der Waals surface area (Å²) in [6, 6.07) is 16.5. The van der Waals surface area contributed by atoms with E-state index in [0.717, 1.165) is 16.5 Å². The molecule has 2 heterocycles. The SMILES string of the molecule is Cc1c(OC(C)C(=O)NCc2ccccn2)ccc2c1oc(=O)c1ccccc12. The Kier molecular flexibility index (Phi) is 4.99. The Labute approximate surface area is 167 Å². The number of benzene rings is 2. The third-order valence-electron chi connectivity index (χ3n) is 4.83. The highest BCUT2D eigenvalue weighted by molar-refractivity contribution is 6.05. The van der Waals surface area contributed by atoms with E-state index in [9.17, 15) is 9.59 Å². The summed E-state index contributed by atoms with van der Waals surface area (Å²) in [6.07, 6.45) is 0.958. The Morgan fingerprint density at radius 2 is 1.83 bits per heavy atom. The molecule has 0 fully saturated rings. The molecule has 1 amide bonds. The van der Waals surface area contributed by atoms with Crippen LogP contribution in [0.3, 0.4) is 0 Å². The zero-order valence-electron chi connectivity index (χ0n) is 16.1. The largest absolute Gasteiger partial charge is 0.480 e. The first-order valence-electron chi connectivity index (χ1n) is 9.34. The van der Waals surface area contributed by atoms with Crippen molar-refractivity contribution < 1.29 is 13.9 Å². The number of nitrogens with one attached hydrogen (secondary N) is 1. The van der Waals surface area contributed by atoms with Gasteiger partial charge in [0.1, 0.15) is 11.3 Å². The van der Waals surface area contributed by atoms with Gasteiger partial charge in [-0.15, -0.1) is 0 Å². The van der Waals surface area contributed by atoms with Crippen molar-refractivity contribution in [3.8, 4) is 5.75 Å². The number of hydrogen-bond donors (Lipinski definition) is 1. The second-order valence-corrected chi connectivity index (χ2v) is 6.80. The lowest BCUT2D eigenvalue weighted by Crippen LogP contribution is -2.36. The fourth-order valence-electron chi connectivity index (χ4n) is 3.26. The van der Waals surface area contributed by atoms with Crippen molar-refractivity contribution in [1.82, 2.24) is 10.3 Å². The molecule has 4 aromatic rings. The van der Waals surface area contributed by atoms with Crippen molar-refractivity contribution in [2.75, 3.05) is 0 Å². The first kappa shape index (κ1) is 18.7. The van der Waals surface area contributed by atoms with Crippen LogP contribution in [-0.2, 0) is 11.3 Å². The van der Waals surface area contributed by atoms with Crippen LogP contribution in [-0.4, -0.2) is 17.0 Å². The van der Waals surface area contributed by atoms with Crippen LogP contribution < -0.4 is 15.7 Å². The second-order valence-electron chi connectivity index (χ2n) is 6.80. The fourth-order valence-corrected chi connectivity index (χ4v) is 3.26. The Bertz CT molecular complexity index is 1250. The Balaban J connectivity index is 1.57. The maximum absolute atomic E-state index is 12.4. The molecule has 2 aromatic carbocycles. The summed E-state index contributed by atoms with van der Waals surface area (Å²) in [5.74, 6) is 0.242. The van der Waals surface area contributed by atoms with Crippen LogP contribution in [0.4, 0.5) is 0 Å². The number of rotatable bonds is 5. The zero-order valence-corrected chi connectivity index (χ0v) is 16.1. The molecular formula is C23H20N2O4. The highest BCUT2D eigenvalue weighted by Gasteiger charge is 2.18. The smallest absolute Gasteiger partial charge is 0.344 e. The van der Waals surface area contributed by atoms with Gasteiger partial charge in [0, 0.05) is 17.1 Å². The number of aromatic nitrogens is 1. The zero-order chi connectivity index (χ0) is 20.4. The highest BCUT2D eigenvalue weighted by Crippen LogP contribution is 2.31. The summed E-state index contributed by atoms with van der Waals surface area (Å²) in [4.78, 5) is 28.9. The maximum atomic E-state index is 12.4. The lowest BCUT2D eigenvalue weighted by atomic mass is 10.0. The lowest BCUT2D eigenvalue weighted by molar-refractivity contribution is -0.127. The van der Waals surface area contributed by atoms with Gasteiger partial charge < -0.3 is 14.5 Å². The van der Waals surface area contributed by atoms with E-state index in [4.69, 9.17) is 9.15 Å². The summed E-state index contributed by atoms with van der Waals surface area (Å²) in [7, 11) is 0. The van der Waals surface area contributed by atoms with Crippen molar-refractivity contribution in [3.63, 3.8) is 0 Å². The lowest BCUT2D eigenvalue weighted by Gasteiger charge is -2.17. The Hall–Kier alpha value is -3.67. The van der Waals surface area contributed by atoms with Gasteiger partial charge in [-0.3, -0.25) is 9.78 Å². The molecular weight excluding hydrogens is 368 g/mol. The number of ether oxygens (including phenoxy) is 1. The van der Waals surface area contributed by atoms with Gasteiger partial charge in [0.05, 0.1) is 17.6 Å². The second kappa shape index (κ2) is 7.75. The summed E-state index contributed by atoms with van der Waals surface area (Å²) < 4.78 is 11.4. The van der Waals surface area contributed by atoms with Crippen LogP contribution in [0.1, 0.15) is 18.2 Å². The molecule has 6 heteroatoms.